The van der Waals surface area contributed by atoms with E-state index in [0.29, 0.717) is 81.3 Å². The van der Waals surface area contributed by atoms with Crippen molar-refractivity contribution in [3.05, 3.63) is 131 Å². The Kier molecular flexibility index (Phi) is 22.0. The molecule has 0 radical (unpaired) electrons. The molecule has 8 aromatic rings. The van der Waals surface area contributed by atoms with Crippen LogP contribution in [-0.4, -0.2) is 195 Å². The van der Waals surface area contributed by atoms with Crippen LogP contribution >= 0.6 is 11.8 Å². The van der Waals surface area contributed by atoms with Crippen molar-refractivity contribution >= 4 is 120 Å². The number of nitrogens with one attached hydrogen (secondary N) is 3. The van der Waals surface area contributed by atoms with E-state index in [-0.39, 0.29) is 90.0 Å². The van der Waals surface area contributed by atoms with Crippen molar-refractivity contribution in [2.45, 2.75) is 58.9 Å². The first-order chi connectivity index (χ1) is 47.5. The average Bonchev–Trinajstić information content (AvgIpc) is 1.15. The van der Waals surface area contributed by atoms with Gasteiger partial charge in [-0.05, 0) is 163 Å². The van der Waals surface area contributed by atoms with Gasteiger partial charge >= 0.3 is 0 Å². The molecule has 4 amide bonds. The van der Waals surface area contributed by atoms with E-state index < -0.39 is 99.0 Å². The highest BCUT2D eigenvalue weighted by Gasteiger charge is 2.38. The van der Waals surface area contributed by atoms with Gasteiger partial charge < -0.3 is 47.1 Å². The highest BCUT2D eigenvalue weighted by atomic mass is 32.2. The summed E-state index contributed by atoms with van der Waals surface area (Å²) < 4.78 is 149. The van der Waals surface area contributed by atoms with E-state index in [2.05, 4.69) is 20.9 Å². The average molecular weight is 1480 g/mol. The minimum atomic E-state index is -5.12. The Hall–Kier alpha value is -9.17. The maximum Gasteiger partial charge on any atom is 0.296 e. The first-order valence-electron chi connectivity index (χ1n) is 31.2. The fraction of sp³-hybridized carbons (Fsp3) is 0.284. The Balaban J connectivity index is 0.788. The summed E-state index contributed by atoms with van der Waals surface area (Å²) in [4.78, 5) is 56.3. The third kappa shape index (κ3) is 16.9. The molecule has 101 heavy (non-hydrogen) atoms. The van der Waals surface area contributed by atoms with E-state index in [1.165, 1.54) is 34.9 Å². The Morgan fingerprint density at radius 3 is 1.31 bits per heavy atom. The second kappa shape index (κ2) is 29.8. The molecule has 2 aliphatic heterocycles. The predicted octanol–water partition coefficient (Wildman–Crippen LogP) is 7.28. The summed E-state index contributed by atoms with van der Waals surface area (Å²) in [7, 11) is -20.4. The summed E-state index contributed by atoms with van der Waals surface area (Å²) in [5, 5.41) is 30.0. The molecule has 2 aliphatic rings. The molecule has 2 heterocycles. The van der Waals surface area contributed by atoms with E-state index in [9.17, 15) is 81.3 Å². The van der Waals surface area contributed by atoms with Crippen LogP contribution in [0.5, 0.6) is 34.5 Å². The number of anilines is 4. The molecule has 2 saturated heterocycles. The van der Waals surface area contributed by atoms with Gasteiger partial charge in [0.1, 0.15) is 31.1 Å². The predicted molar refractivity (Wildman–Crippen MR) is 380 cm³/mol. The maximum absolute atomic E-state index is 14.0. The summed E-state index contributed by atoms with van der Waals surface area (Å²) in [6.45, 7) is 11.6. The van der Waals surface area contributed by atoms with Crippen molar-refractivity contribution in [1.29, 1.82) is 0 Å². The normalized spacial score (nSPS) is 15.5. The van der Waals surface area contributed by atoms with E-state index in [1.54, 1.807) is 56.5 Å². The number of ether oxygens (including phenoxy) is 2. The van der Waals surface area contributed by atoms with Crippen LogP contribution in [0.2, 0.25) is 0 Å². The van der Waals surface area contributed by atoms with Crippen LogP contribution < -0.4 is 36.9 Å². The van der Waals surface area contributed by atoms with Crippen LogP contribution in [0.3, 0.4) is 0 Å². The number of imide groups is 1. The molecule has 0 bridgehead atoms. The molecule has 0 saturated carbocycles. The summed E-state index contributed by atoms with van der Waals surface area (Å²) >= 11 is 1.31. The number of aromatic hydroxyl groups is 2. The number of fused-ring (bicyclic) bond motifs is 2. The zero-order valence-corrected chi connectivity index (χ0v) is 59.1. The van der Waals surface area contributed by atoms with E-state index in [0.717, 1.165) is 45.1 Å². The first kappa shape index (κ1) is 74.5. The van der Waals surface area contributed by atoms with Crippen LogP contribution in [-0.2, 0) is 59.7 Å². The van der Waals surface area contributed by atoms with Crippen molar-refractivity contribution in [2.75, 3.05) is 107 Å². The SMILES string of the molecule is CSC1CC(=O)N(CCNC(=O)CN2CCN(CCNc3ccc(-c4ccc(Oc5ccc6c(S(=O)(=O)O)cc(S(=O)(=O)O)c(N)c6c5O)c(C)c4)cc3C)CCN(CC(=O)Nc3ccc(-c4ccc(Oc5ccc6c(S(=O)(=O)O)cc(S(=O)(=O)O)c(N)c6c5O)c(C)c4)cc3C)CC2)C1=O. The number of nitrogens with zero attached hydrogens (tertiary/aromatic N) is 4. The molecule has 10 rings (SSSR count). The molecule has 1 atom stereocenters. The second-order valence-electron chi connectivity index (χ2n) is 24.4. The fourth-order valence-corrected chi connectivity index (χ4v) is 15.7. The molecule has 0 aromatic heterocycles. The number of rotatable bonds is 23. The number of hydrogen-bond donors (Lipinski definition) is 11. The number of carbonyl (C=O) groups is 4. The van der Waals surface area contributed by atoms with Crippen molar-refractivity contribution in [3.8, 4) is 56.8 Å². The molecule has 34 heteroatoms. The van der Waals surface area contributed by atoms with Gasteiger partial charge in [-0.3, -0.25) is 57.0 Å². The van der Waals surface area contributed by atoms with Crippen LogP contribution in [0, 0.1) is 27.7 Å². The van der Waals surface area contributed by atoms with Gasteiger partial charge in [-0.15, -0.1) is 0 Å². The zero-order chi connectivity index (χ0) is 73.4. The van der Waals surface area contributed by atoms with Gasteiger partial charge in [-0.2, -0.15) is 45.4 Å². The molecule has 29 nitrogen and oxygen atoms in total. The lowest BCUT2D eigenvalue weighted by Gasteiger charge is -2.26. The Labute approximate surface area is 586 Å². The molecule has 1 unspecified atom stereocenters. The summed E-state index contributed by atoms with van der Waals surface area (Å²) in [6.07, 6.45) is 1.89. The largest absolute Gasteiger partial charge is 0.504 e. The van der Waals surface area contributed by atoms with Gasteiger partial charge in [0.15, 0.2) is 23.0 Å². The number of nitrogen functional groups attached to an aromatic ring is 2. The molecular formula is C67H73N9O20S5. The quantitative estimate of drug-likeness (QED) is 0.0170. The van der Waals surface area contributed by atoms with E-state index >= 15 is 0 Å². The highest BCUT2D eigenvalue weighted by Crippen LogP contribution is 2.47. The number of carbonyl (C=O) groups excluding carboxylic acids is 4. The summed E-state index contributed by atoms with van der Waals surface area (Å²) in [6, 6.07) is 27.6. The van der Waals surface area contributed by atoms with Gasteiger partial charge in [0, 0.05) is 94.0 Å². The number of phenols is 2. The Bertz CT molecular complexity index is 5160. The molecule has 2 fully saturated rings. The topological polar surface area (TPSA) is 446 Å². The number of thioether (sulfide) groups is 1. The molecule has 0 spiro atoms. The van der Waals surface area contributed by atoms with Gasteiger partial charge in [-0.1, -0.05) is 24.3 Å². The van der Waals surface area contributed by atoms with Crippen molar-refractivity contribution in [1.82, 2.24) is 24.9 Å². The van der Waals surface area contributed by atoms with E-state index in [1.807, 2.05) is 60.0 Å². The van der Waals surface area contributed by atoms with Crippen molar-refractivity contribution in [3.63, 3.8) is 0 Å². The third-order valence-electron chi connectivity index (χ3n) is 17.5. The smallest absolute Gasteiger partial charge is 0.296 e. The summed E-state index contributed by atoms with van der Waals surface area (Å²) in [5.41, 5.74) is 18.2. The standard InChI is InChI=1S/C67H73N9O20S5/c1-37-28-41(43-8-14-49(39(3)30-43)95-51-16-10-45-54(98(83,84)85)33-56(100(89,90)91)63(68)61(45)65(51)80)6-12-47(37)70-18-20-73-22-24-74(35-58(77)71-19-21-76-60(79)32-53(97-5)67(76)82)26-27-75(25-23-73)36-59(78)72-48-13-7-42(29-38(48)2)44-9-15-50(40(4)31-44)96-52-17-11-46-55(99(86,87)88)34-57(101(92,93)94)64(69)62(46)66(52)81/h6-17,28-31,33-34,53,70,80-81H,18-27,32,35-36,68-69H2,1-5H3,(H,71,77)(H,72,78)(H,83,84,85)(H,86,87,88)(H,89,90,91)(H,92,93,94). The lowest BCUT2D eigenvalue weighted by molar-refractivity contribution is -0.138. The highest BCUT2D eigenvalue weighted by molar-refractivity contribution is 8.00. The number of benzene rings is 8. The number of phenolic OH excluding ortho intramolecular Hbond substituents is 2. The molecule has 13 N–H and O–H groups in total. The monoisotopic (exact) mass is 1480 g/mol. The summed E-state index contributed by atoms with van der Waals surface area (Å²) in [5.74, 6) is -2.60. The second-order valence-corrected chi connectivity index (χ2v) is 31.0. The van der Waals surface area contributed by atoms with E-state index in [4.69, 9.17) is 20.9 Å². The fourth-order valence-electron chi connectivity index (χ4n) is 12.2. The zero-order valence-electron chi connectivity index (χ0n) is 55.0. The third-order valence-corrected chi connectivity index (χ3v) is 22.0. The molecule has 536 valence electrons. The minimum Gasteiger partial charge on any atom is -0.504 e. The molecule has 8 aromatic carbocycles. The first-order valence-corrected chi connectivity index (χ1v) is 38.2. The van der Waals surface area contributed by atoms with Gasteiger partial charge in [-0.25, -0.2) is 0 Å². The Morgan fingerprint density at radius 2 is 0.901 bits per heavy atom. The van der Waals surface area contributed by atoms with Gasteiger partial charge in [0.2, 0.25) is 23.6 Å². The number of likely N-dealkylation sites (tertiary alicyclic amines) is 1. The number of aryl methyl sites for hydroxylation is 4. The van der Waals surface area contributed by atoms with Crippen LogP contribution in [0.15, 0.2) is 129 Å². The van der Waals surface area contributed by atoms with Crippen LogP contribution in [0.25, 0.3) is 43.8 Å². The maximum atomic E-state index is 14.0. The number of amides is 4. The Morgan fingerprint density at radius 1 is 0.505 bits per heavy atom. The van der Waals surface area contributed by atoms with Gasteiger partial charge in [0.25, 0.3) is 40.5 Å². The lowest BCUT2D eigenvalue weighted by Crippen LogP contribution is -2.45. The number of hydrogen-bond acceptors (Lipinski definition) is 23. The van der Waals surface area contributed by atoms with Crippen molar-refractivity contribution in [2.24, 2.45) is 0 Å². The lowest BCUT2D eigenvalue weighted by atomic mass is 10.00. The van der Waals surface area contributed by atoms with Crippen molar-refractivity contribution < 1.29 is 90.7 Å². The number of nitrogens with two attached hydrogens (primary N) is 2. The molecular weight excluding hydrogens is 1410 g/mol. The van der Waals surface area contributed by atoms with Crippen LogP contribution in [0.4, 0.5) is 22.7 Å². The van der Waals surface area contributed by atoms with Gasteiger partial charge in [0.05, 0.1) is 40.5 Å². The molecule has 0 aliphatic carbocycles. The van der Waals surface area contributed by atoms with Crippen LogP contribution in [0.1, 0.15) is 28.7 Å². The minimum absolute atomic E-state index is 0.0153.